The molecule has 160 valence electrons. The first kappa shape index (κ1) is 21.9. The first-order valence-electron chi connectivity index (χ1n) is 9.82. The van der Waals surface area contributed by atoms with E-state index in [9.17, 15) is 18.8 Å². The van der Waals surface area contributed by atoms with Gasteiger partial charge in [-0.25, -0.2) is 18.6 Å². The van der Waals surface area contributed by atoms with Crippen LogP contribution in [0.1, 0.15) is 30.0 Å². The zero-order valence-electron chi connectivity index (χ0n) is 17.4. The highest BCUT2D eigenvalue weighted by molar-refractivity contribution is 6.03. The Balaban J connectivity index is 1.86. The van der Waals surface area contributed by atoms with E-state index in [-0.39, 0.29) is 18.0 Å². The summed E-state index contributed by atoms with van der Waals surface area (Å²) in [4.78, 5) is 14.6. The Bertz CT molecular complexity index is 928. The van der Waals surface area contributed by atoms with E-state index in [0.29, 0.717) is 25.2 Å². The number of hydrogen-bond donors (Lipinski definition) is 0. The topological polar surface area (TPSA) is 59.0 Å². The molecule has 1 atom stereocenters. The molecule has 0 radical (unpaired) electrons. The molecule has 2 aromatic carbocycles. The Kier molecular flexibility index (Phi) is 6.48. The number of hydrogen-bond acceptors (Lipinski definition) is 3. The zero-order valence-corrected chi connectivity index (χ0v) is 17.4. The number of carbonyl (C=O) groups is 1. The largest absolute Gasteiger partial charge is 0.633 e. The van der Waals surface area contributed by atoms with E-state index < -0.39 is 22.3 Å². The molecule has 0 N–H and O–H groups in total. The van der Waals surface area contributed by atoms with E-state index >= 15 is 0 Å². The minimum absolute atomic E-state index is 0.0549. The molecule has 1 heterocycles. The highest BCUT2D eigenvalue weighted by Gasteiger charge is 2.35. The average molecular weight is 416 g/mol. The lowest BCUT2D eigenvalue weighted by Crippen LogP contribution is -2.41. The fourth-order valence-corrected chi connectivity index (χ4v) is 3.46. The lowest BCUT2D eigenvalue weighted by molar-refractivity contribution is -0.840. The maximum absolute atomic E-state index is 14.3. The van der Waals surface area contributed by atoms with Gasteiger partial charge in [0.15, 0.2) is 0 Å². The summed E-state index contributed by atoms with van der Waals surface area (Å²) in [6, 6.07) is 11.8. The molecule has 0 aliphatic carbocycles. The molecule has 0 saturated carbocycles. The molecular formula is C22H26F2N4O2. The number of hydrazone groups is 1. The third-order valence-corrected chi connectivity index (χ3v) is 5.05. The van der Waals surface area contributed by atoms with Crippen molar-refractivity contribution in [3.63, 3.8) is 0 Å². The van der Waals surface area contributed by atoms with Crippen molar-refractivity contribution in [2.45, 2.75) is 18.9 Å². The van der Waals surface area contributed by atoms with Gasteiger partial charge in [-0.15, -0.1) is 0 Å². The second-order valence-electron chi connectivity index (χ2n) is 8.00. The van der Waals surface area contributed by atoms with Crippen molar-refractivity contribution >= 4 is 11.7 Å². The number of quaternary nitrogens is 1. The smallest absolute Gasteiger partial charge is 0.340 e. The molecule has 2 amide bonds. The molecule has 0 bridgehead atoms. The molecule has 2 aromatic rings. The van der Waals surface area contributed by atoms with E-state index in [2.05, 4.69) is 5.10 Å². The Labute approximate surface area is 175 Å². The van der Waals surface area contributed by atoms with Crippen molar-refractivity contribution < 1.29 is 18.2 Å². The number of halogens is 2. The molecule has 3 rings (SSSR count). The third kappa shape index (κ3) is 5.20. The molecule has 1 aliphatic heterocycles. The van der Waals surface area contributed by atoms with Crippen molar-refractivity contribution in [1.29, 1.82) is 0 Å². The standard InChI is InChI=1S/C22H26F2N4O2/c1-26(12-7-13-28(2,3)30)22(29)27-21(16-8-5-4-6-9-16)15-20(25-27)18-14-17(23)10-11-19(18)24/h4-6,8-11,14,21H,7,12-13,15H2,1-3H3. The number of hydroxylamine groups is 3. The first-order valence-corrected chi connectivity index (χ1v) is 9.82. The van der Waals surface area contributed by atoms with Crippen molar-refractivity contribution in [3.8, 4) is 0 Å². The molecule has 30 heavy (non-hydrogen) atoms. The zero-order chi connectivity index (χ0) is 21.9. The fraction of sp³-hybridized carbons (Fsp3) is 0.364. The quantitative estimate of drug-likeness (QED) is 0.525. The molecule has 0 fully saturated rings. The van der Waals surface area contributed by atoms with Crippen LogP contribution in [0, 0.1) is 16.8 Å². The van der Waals surface area contributed by atoms with E-state index in [0.717, 1.165) is 23.8 Å². The van der Waals surface area contributed by atoms with E-state index in [1.807, 2.05) is 30.3 Å². The van der Waals surface area contributed by atoms with Gasteiger partial charge < -0.3 is 14.8 Å². The molecule has 0 spiro atoms. The van der Waals surface area contributed by atoms with Crippen LogP contribution in [0.3, 0.4) is 0 Å². The van der Waals surface area contributed by atoms with Gasteiger partial charge in [-0.1, -0.05) is 30.3 Å². The van der Waals surface area contributed by atoms with Crippen LogP contribution in [0.4, 0.5) is 13.6 Å². The number of nitrogens with zero attached hydrogens (tertiary/aromatic N) is 4. The second-order valence-corrected chi connectivity index (χ2v) is 8.00. The van der Waals surface area contributed by atoms with Crippen LogP contribution < -0.4 is 0 Å². The summed E-state index contributed by atoms with van der Waals surface area (Å²) in [7, 11) is 4.75. The Morgan fingerprint density at radius 3 is 2.60 bits per heavy atom. The van der Waals surface area contributed by atoms with E-state index in [1.54, 1.807) is 21.1 Å². The van der Waals surface area contributed by atoms with Gasteiger partial charge in [-0.05, 0) is 23.8 Å². The summed E-state index contributed by atoms with van der Waals surface area (Å²) < 4.78 is 27.6. The van der Waals surface area contributed by atoms with Crippen molar-refractivity contribution in [2.24, 2.45) is 5.10 Å². The van der Waals surface area contributed by atoms with Crippen molar-refractivity contribution in [3.05, 3.63) is 76.5 Å². The lowest BCUT2D eigenvalue weighted by atomic mass is 9.98. The molecule has 0 aromatic heterocycles. The van der Waals surface area contributed by atoms with Gasteiger partial charge >= 0.3 is 6.03 Å². The first-order chi connectivity index (χ1) is 14.2. The number of benzene rings is 2. The van der Waals surface area contributed by atoms with E-state index in [4.69, 9.17) is 0 Å². The number of rotatable bonds is 6. The van der Waals surface area contributed by atoms with Crippen molar-refractivity contribution in [1.82, 2.24) is 9.91 Å². The third-order valence-electron chi connectivity index (χ3n) is 5.05. The van der Waals surface area contributed by atoms with Crippen LogP contribution in [-0.2, 0) is 0 Å². The predicted octanol–water partition coefficient (Wildman–Crippen LogP) is 4.13. The summed E-state index contributed by atoms with van der Waals surface area (Å²) in [5.41, 5.74) is 1.23. The Morgan fingerprint density at radius 1 is 1.23 bits per heavy atom. The van der Waals surface area contributed by atoms with Gasteiger partial charge in [0.05, 0.1) is 32.4 Å². The predicted molar refractivity (Wildman–Crippen MR) is 112 cm³/mol. The Morgan fingerprint density at radius 2 is 1.93 bits per heavy atom. The number of carbonyl (C=O) groups excluding carboxylic acids is 1. The summed E-state index contributed by atoms with van der Waals surface area (Å²) in [5.74, 6) is -1.15. The molecule has 8 heteroatoms. The average Bonchev–Trinajstić information content (AvgIpc) is 3.14. The van der Waals surface area contributed by atoms with Crippen LogP contribution in [0.2, 0.25) is 0 Å². The molecule has 1 aliphatic rings. The molecular weight excluding hydrogens is 390 g/mol. The maximum Gasteiger partial charge on any atom is 0.340 e. The van der Waals surface area contributed by atoms with Crippen LogP contribution in [0.25, 0.3) is 0 Å². The molecule has 6 nitrogen and oxygen atoms in total. The van der Waals surface area contributed by atoms with Gasteiger partial charge in [0.25, 0.3) is 0 Å². The molecule has 0 saturated heterocycles. The second kappa shape index (κ2) is 8.89. The minimum atomic E-state index is -0.583. The highest BCUT2D eigenvalue weighted by atomic mass is 19.1. The molecule has 1 unspecified atom stereocenters. The van der Waals surface area contributed by atoms with Crippen LogP contribution >= 0.6 is 0 Å². The van der Waals surface area contributed by atoms with Gasteiger partial charge in [0, 0.05) is 32.0 Å². The Hall–Kier alpha value is -2.84. The van der Waals surface area contributed by atoms with Crippen LogP contribution in [-0.4, -0.2) is 60.5 Å². The summed E-state index contributed by atoms with van der Waals surface area (Å²) in [6.45, 7) is 0.767. The van der Waals surface area contributed by atoms with Crippen molar-refractivity contribution in [2.75, 3.05) is 34.2 Å². The summed E-state index contributed by atoms with van der Waals surface area (Å²) in [5, 5.41) is 17.5. The van der Waals surface area contributed by atoms with E-state index in [1.165, 1.54) is 9.91 Å². The van der Waals surface area contributed by atoms with Gasteiger partial charge in [-0.3, -0.25) is 0 Å². The highest BCUT2D eigenvalue weighted by Crippen LogP contribution is 2.34. The summed E-state index contributed by atoms with van der Waals surface area (Å²) >= 11 is 0. The number of urea groups is 1. The van der Waals surface area contributed by atoms with Crippen LogP contribution in [0.5, 0.6) is 0 Å². The minimum Gasteiger partial charge on any atom is -0.633 e. The van der Waals surface area contributed by atoms with Gasteiger partial charge in [0.2, 0.25) is 0 Å². The fourth-order valence-electron chi connectivity index (χ4n) is 3.46. The lowest BCUT2D eigenvalue weighted by Gasteiger charge is -2.34. The van der Waals surface area contributed by atoms with Gasteiger partial charge in [0.1, 0.15) is 11.6 Å². The number of amides is 2. The van der Waals surface area contributed by atoms with Gasteiger partial charge in [-0.2, -0.15) is 5.10 Å². The SMILES string of the molecule is CN(CCC[N+](C)(C)[O-])C(=O)N1N=C(c2cc(F)ccc2F)CC1c1ccccc1. The monoisotopic (exact) mass is 416 g/mol. The summed E-state index contributed by atoms with van der Waals surface area (Å²) in [6.07, 6.45) is 0.812. The maximum atomic E-state index is 14.3. The van der Waals surface area contributed by atoms with Crippen LogP contribution in [0.15, 0.2) is 53.6 Å². The normalized spacial score (nSPS) is 16.5.